The van der Waals surface area contributed by atoms with Crippen molar-refractivity contribution in [1.82, 2.24) is 14.9 Å². The Morgan fingerprint density at radius 2 is 2.24 bits per heavy atom. The molecule has 1 heterocycles. The molecule has 112 valence electrons. The summed E-state index contributed by atoms with van der Waals surface area (Å²) in [4.78, 5) is 11.4. The lowest BCUT2D eigenvalue weighted by molar-refractivity contribution is 0.0596. The average Bonchev–Trinajstić information content (AvgIpc) is 2.98. The lowest BCUT2D eigenvalue weighted by atomic mass is 10.2. The molecule has 2 rings (SSSR count). The summed E-state index contributed by atoms with van der Waals surface area (Å²) < 4.78 is 31.6. The molecule has 1 aromatic carbocycles. The van der Waals surface area contributed by atoms with E-state index in [1.807, 2.05) is 0 Å². The van der Waals surface area contributed by atoms with Crippen molar-refractivity contribution in [3.63, 3.8) is 0 Å². The van der Waals surface area contributed by atoms with Gasteiger partial charge < -0.3 is 10.5 Å². The Morgan fingerprint density at radius 1 is 1.48 bits per heavy atom. The molecule has 0 aliphatic rings. The second-order valence-corrected chi connectivity index (χ2v) is 5.91. The fourth-order valence-corrected chi connectivity index (χ4v) is 2.91. The zero-order valence-corrected chi connectivity index (χ0v) is 12.0. The highest BCUT2D eigenvalue weighted by Gasteiger charge is 2.23. The number of rotatable bonds is 5. The Hall–Kier alpha value is -2.39. The third kappa shape index (κ3) is 3.38. The lowest BCUT2D eigenvalue weighted by Gasteiger charge is -2.10. The maximum atomic E-state index is 12.3. The highest BCUT2D eigenvalue weighted by atomic mass is 32.2. The summed E-state index contributed by atoms with van der Waals surface area (Å²) in [6.07, 6.45) is 3.05. The van der Waals surface area contributed by atoms with E-state index < -0.39 is 16.0 Å². The Morgan fingerprint density at radius 3 is 2.86 bits per heavy atom. The molecule has 2 aromatic rings. The SMILES string of the molecule is COC(=O)c1ccc(N)cc1S(=O)(=O)NCc1cn[nH]c1. The number of nitrogens with two attached hydrogens (primary N) is 1. The van der Waals surface area contributed by atoms with Crippen LogP contribution in [0.2, 0.25) is 0 Å². The molecule has 9 heteroatoms. The van der Waals surface area contributed by atoms with E-state index in [1.54, 1.807) is 6.20 Å². The van der Waals surface area contributed by atoms with Gasteiger partial charge in [0, 0.05) is 24.0 Å². The number of hydrogen-bond donors (Lipinski definition) is 3. The first-order valence-electron chi connectivity index (χ1n) is 5.89. The Bertz CT molecular complexity index is 741. The predicted molar refractivity (Wildman–Crippen MR) is 74.8 cm³/mol. The van der Waals surface area contributed by atoms with Crippen LogP contribution in [0.15, 0.2) is 35.5 Å². The quantitative estimate of drug-likeness (QED) is 0.537. The molecular formula is C12H14N4O4S. The fraction of sp³-hybridized carbons (Fsp3) is 0.167. The van der Waals surface area contributed by atoms with Gasteiger partial charge in [0.25, 0.3) is 0 Å². The number of nitrogens with one attached hydrogen (secondary N) is 2. The number of hydrogen-bond acceptors (Lipinski definition) is 6. The predicted octanol–water partition coefficient (Wildman–Crippen LogP) is 0.257. The largest absolute Gasteiger partial charge is 0.465 e. The number of methoxy groups -OCH3 is 1. The molecular weight excluding hydrogens is 296 g/mol. The minimum absolute atomic E-state index is 0.0360. The molecule has 4 N–H and O–H groups in total. The van der Waals surface area contributed by atoms with E-state index in [0.29, 0.717) is 5.56 Å². The monoisotopic (exact) mass is 310 g/mol. The second-order valence-electron chi connectivity index (χ2n) is 4.18. The number of nitrogen functional groups attached to an aromatic ring is 1. The van der Waals surface area contributed by atoms with E-state index in [1.165, 1.54) is 31.5 Å². The molecule has 0 spiro atoms. The third-order valence-electron chi connectivity index (χ3n) is 2.72. The highest BCUT2D eigenvalue weighted by molar-refractivity contribution is 7.89. The molecule has 0 aliphatic carbocycles. The first-order chi connectivity index (χ1) is 9.94. The summed E-state index contributed by atoms with van der Waals surface area (Å²) in [6.45, 7) is 0.0360. The van der Waals surface area contributed by atoms with Crippen molar-refractivity contribution in [2.45, 2.75) is 11.4 Å². The van der Waals surface area contributed by atoms with Crippen LogP contribution in [-0.4, -0.2) is 31.7 Å². The molecule has 0 unspecified atom stereocenters. The zero-order valence-electron chi connectivity index (χ0n) is 11.2. The van der Waals surface area contributed by atoms with E-state index in [0.717, 1.165) is 0 Å². The van der Waals surface area contributed by atoms with E-state index in [-0.39, 0.29) is 22.7 Å². The van der Waals surface area contributed by atoms with Gasteiger partial charge >= 0.3 is 5.97 Å². The van der Waals surface area contributed by atoms with Crippen LogP contribution >= 0.6 is 0 Å². The summed E-state index contributed by atoms with van der Waals surface area (Å²) in [7, 11) is -2.74. The van der Waals surface area contributed by atoms with Gasteiger partial charge in [0.15, 0.2) is 0 Å². The van der Waals surface area contributed by atoms with Crippen molar-refractivity contribution in [1.29, 1.82) is 0 Å². The smallest absolute Gasteiger partial charge is 0.339 e. The topological polar surface area (TPSA) is 127 Å². The maximum Gasteiger partial charge on any atom is 0.339 e. The molecule has 0 fully saturated rings. The van der Waals surface area contributed by atoms with Crippen LogP contribution in [0.1, 0.15) is 15.9 Å². The summed E-state index contributed by atoms with van der Waals surface area (Å²) in [5.74, 6) is -0.751. The number of carbonyl (C=O) groups excluding carboxylic acids is 1. The van der Waals surface area contributed by atoms with Gasteiger partial charge in [-0.15, -0.1) is 0 Å². The van der Waals surface area contributed by atoms with Gasteiger partial charge in [-0.1, -0.05) is 0 Å². The van der Waals surface area contributed by atoms with Crippen LogP contribution in [0, 0.1) is 0 Å². The summed E-state index contributed by atoms with van der Waals surface area (Å²) >= 11 is 0. The van der Waals surface area contributed by atoms with Crippen molar-refractivity contribution in [3.8, 4) is 0 Å². The van der Waals surface area contributed by atoms with Crippen LogP contribution in [0.3, 0.4) is 0 Å². The Kier molecular flexibility index (Phi) is 4.24. The number of carbonyl (C=O) groups is 1. The van der Waals surface area contributed by atoms with E-state index in [9.17, 15) is 13.2 Å². The van der Waals surface area contributed by atoms with Crippen molar-refractivity contribution in [2.75, 3.05) is 12.8 Å². The number of sulfonamides is 1. The zero-order chi connectivity index (χ0) is 15.5. The van der Waals surface area contributed by atoms with E-state index in [2.05, 4.69) is 19.7 Å². The van der Waals surface area contributed by atoms with Gasteiger partial charge in [-0.25, -0.2) is 17.9 Å². The highest BCUT2D eigenvalue weighted by Crippen LogP contribution is 2.20. The van der Waals surface area contributed by atoms with Crippen molar-refractivity contribution in [3.05, 3.63) is 41.7 Å². The Labute approximate surface area is 121 Å². The number of nitrogens with zero attached hydrogens (tertiary/aromatic N) is 1. The van der Waals surface area contributed by atoms with Crippen LogP contribution < -0.4 is 10.5 Å². The minimum atomic E-state index is -3.92. The van der Waals surface area contributed by atoms with E-state index >= 15 is 0 Å². The van der Waals surface area contributed by atoms with Crippen molar-refractivity contribution < 1.29 is 17.9 Å². The van der Waals surface area contributed by atoms with Gasteiger partial charge in [-0.2, -0.15) is 5.10 Å². The lowest BCUT2D eigenvalue weighted by Crippen LogP contribution is -2.25. The summed E-state index contributed by atoms with van der Waals surface area (Å²) in [6, 6.07) is 3.96. The molecule has 0 saturated heterocycles. The Balaban J connectivity index is 2.34. The second kappa shape index (κ2) is 5.94. The van der Waals surface area contributed by atoms with Gasteiger partial charge in [0.05, 0.1) is 23.8 Å². The number of aromatic nitrogens is 2. The molecule has 1 aromatic heterocycles. The van der Waals surface area contributed by atoms with Gasteiger partial charge in [0.1, 0.15) is 0 Å². The van der Waals surface area contributed by atoms with Crippen LogP contribution in [0.25, 0.3) is 0 Å². The number of anilines is 1. The number of ether oxygens (including phenoxy) is 1. The van der Waals surface area contributed by atoms with Crippen molar-refractivity contribution >= 4 is 21.7 Å². The van der Waals surface area contributed by atoms with Crippen LogP contribution in [0.4, 0.5) is 5.69 Å². The molecule has 0 bridgehead atoms. The standard InChI is InChI=1S/C12H14N4O4S/c1-20-12(17)10-3-2-9(13)4-11(10)21(18,19)16-7-8-5-14-15-6-8/h2-6,16H,7,13H2,1H3,(H,14,15). The first kappa shape index (κ1) is 15.0. The fourth-order valence-electron chi connectivity index (χ4n) is 1.67. The van der Waals surface area contributed by atoms with E-state index in [4.69, 9.17) is 5.73 Å². The van der Waals surface area contributed by atoms with Crippen LogP contribution in [0.5, 0.6) is 0 Å². The van der Waals surface area contributed by atoms with Gasteiger partial charge in [-0.3, -0.25) is 5.10 Å². The number of esters is 1. The molecule has 0 amide bonds. The summed E-state index contributed by atoms with van der Waals surface area (Å²) in [5, 5.41) is 6.29. The van der Waals surface area contributed by atoms with Gasteiger partial charge in [-0.05, 0) is 18.2 Å². The molecule has 8 nitrogen and oxygen atoms in total. The molecule has 0 aliphatic heterocycles. The minimum Gasteiger partial charge on any atom is -0.465 e. The summed E-state index contributed by atoms with van der Waals surface area (Å²) in [5.41, 5.74) is 6.40. The first-order valence-corrected chi connectivity index (χ1v) is 7.37. The van der Waals surface area contributed by atoms with Crippen LogP contribution in [-0.2, 0) is 21.3 Å². The number of benzene rings is 1. The molecule has 0 atom stereocenters. The third-order valence-corrected chi connectivity index (χ3v) is 4.16. The average molecular weight is 310 g/mol. The normalized spacial score (nSPS) is 11.3. The number of H-pyrrole nitrogens is 1. The molecule has 0 radical (unpaired) electrons. The number of aromatic amines is 1. The maximum absolute atomic E-state index is 12.3. The van der Waals surface area contributed by atoms with Gasteiger partial charge in [0.2, 0.25) is 10.0 Å². The molecule has 0 saturated carbocycles. The molecule has 21 heavy (non-hydrogen) atoms. The van der Waals surface area contributed by atoms with Crippen molar-refractivity contribution in [2.24, 2.45) is 0 Å².